The maximum atomic E-state index is 12.5. The highest BCUT2D eigenvalue weighted by Crippen LogP contribution is 2.34. The van der Waals surface area contributed by atoms with Crippen molar-refractivity contribution in [2.24, 2.45) is 17.8 Å². The third-order valence-corrected chi connectivity index (χ3v) is 6.66. The molecule has 0 unspecified atom stereocenters. The van der Waals surface area contributed by atoms with E-state index in [0.717, 1.165) is 57.3 Å². The van der Waals surface area contributed by atoms with Gasteiger partial charge in [0, 0.05) is 6.08 Å². The summed E-state index contributed by atoms with van der Waals surface area (Å²) >= 11 is 0. The van der Waals surface area contributed by atoms with Gasteiger partial charge in [-0.15, -0.1) is 0 Å². The Hall–Kier alpha value is -1.30. The summed E-state index contributed by atoms with van der Waals surface area (Å²) in [6.07, 6.45) is 21.5. The molecule has 2 aliphatic rings. The predicted molar refractivity (Wildman–Crippen MR) is 110 cm³/mol. The maximum Gasteiger partial charge on any atom is 0.309 e. The fraction of sp³-hybridized carbons (Fsp3) is 0.833. The van der Waals surface area contributed by atoms with Gasteiger partial charge in [0.25, 0.3) is 0 Å². The Kier molecular flexibility index (Phi) is 10.6. The molecule has 27 heavy (non-hydrogen) atoms. The van der Waals surface area contributed by atoms with Gasteiger partial charge < -0.3 is 4.74 Å². The number of hydrogen-bond donors (Lipinski definition) is 0. The molecule has 2 saturated carbocycles. The number of allylic oxidation sites excluding steroid dienone is 2. The van der Waals surface area contributed by atoms with Gasteiger partial charge in [-0.2, -0.15) is 5.26 Å². The van der Waals surface area contributed by atoms with Crippen LogP contribution in [0.2, 0.25) is 0 Å². The van der Waals surface area contributed by atoms with Crippen molar-refractivity contribution in [1.82, 2.24) is 0 Å². The van der Waals surface area contributed by atoms with Crippen molar-refractivity contribution in [3.8, 4) is 6.07 Å². The minimum atomic E-state index is 0.0734. The van der Waals surface area contributed by atoms with E-state index in [9.17, 15) is 4.79 Å². The number of nitriles is 1. The lowest BCUT2D eigenvalue weighted by molar-refractivity contribution is -0.157. The number of carbonyl (C=O) groups excluding carboxylic acids is 1. The van der Waals surface area contributed by atoms with Gasteiger partial charge in [0.05, 0.1) is 12.0 Å². The van der Waals surface area contributed by atoms with Crippen LogP contribution in [0.15, 0.2) is 12.2 Å². The van der Waals surface area contributed by atoms with Crippen LogP contribution >= 0.6 is 0 Å². The Morgan fingerprint density at radius 3 is 2.30 bits per heavy atom. The fourth-order valence-corrected chi connectivity index (χ4v) is 4.81. The lowest BCUT2D eigenvalue weighted by atomic mass is 9.80. The zero-order chi connectivity index (χ0) is 19.3. The van der Waals surface area contributed by atoms with E-state index >= 15 is 0 Å². The van der Waals surface area contributed by atoms with Crippen molar-refractivity contribution in [3.05, 3.63) is 12.2 Å². The Labute approximate surface area is 166 Å². The Bertz CT molecular complexity index is 477. The highest BCUT2D eigenvalue weighted by Gasteiger charge is 2.30. The molecule has 2 fully saturated rings. The molecule has 152 valence electrons. The molecule has 3 nitrogen and oxygen atoms in total. The number of carbonyl (C=O) groups is 1. The molecule has 0 atom stereocenters. The van der Waals surface area contributed by atoms with E-state index < -0.39 is 0 Å². The predicted octanol–water partition coefficient (Wildman–Crippen LogP) is 6.73. The Morgan fingerprint density at radius 1 is 0.963 bits per heavy atom. The normalized spacial score (nSPS) is 28.7. The molecule has 0 aromatic rings. The van der Waals surface area contributed by atoms with Crippen LogP contribution in [0.1, 0.15) is 103 Å². The SMILES string of the molecule is CCCCCCC1CCC(OC(=O)C2CCC(CC/C=C/C#N)CC2)CC1. The monoisotopic (exact) mass is 373 g/mol. The summed E-state index contributed by atoms with van der Waals surface area (Å²) in [5, 5.41) is 8.52. The van der Waals surface area contributed by atoms with Crippen molar-refractivity contribution in [3.63, 3.8) is 0 Å². The van der Waals surface area contributed by atoms with E-state index in [-0.39, 0.29) is 18.0 Å². The van der Waals surface area contributed by atoms with E-state index in [0.29, 0.717) is 5.92 Å². The average Bonchev–Trinajstić information content (AvgIpc) is 2.70. The summed E-state index contributed by atoms with van der Waals surface area (Å²) in [7, 11) is 0. The second-order valence-corrected chi connectivity index (χ2v) is 8.76. The van der Waals surface area contributed by atoms with Crippen LogP contribution in [0.5, 0.6) is 0 Å². The Balaban J connectivity index is 1.57. The molecule has 0 aliphatic heterocycles. The molecule has 0 bridgehead atoms. The largest absolute Gasteiger partial charge is 0.462 e. The summed E-state index contributed by atoms with van der Waals surface area (Å²) in [6, 6.07) is 2.04. The summed E-state index contributed by atoms with van der Waals surface area (Å²) in [5.74, 6) is 1.77. The van der Waals surface area contributed by atoms with Crippen molar-refractivity contribution in [1.29, 1.82) is 5.26 Å². The standard InChI is InChI=1S/C24H39NO2/c1-2-3-4-6-9-21-13-17-23(18-14-21)27-24(26)22-15-11-20(12-16-22)10-7-5-8-19-25/h5,8,20-23H,2-4,6-7,9-18H2,1H3/b8-5+. The maximum absolute atomic E-state index is 12.5. The first-order valence-electron chi connectivity index (χ1n) is 11.5. The van der Waals surface area contributed by atoms with E-state index in [4.69, 9.17) is 10.00 Å². The zero-order valence-electron chi connectivity index (χ0n) is 17.3. The van der Waals surface area contributed by atoms with E-state index in [2.05, 4.69) is 6.92 Å². The van der Waals surface area contributed by atoms with Gasteiger partial charge in [-0.05, 0) is 76.0 Å². The zero-order valence-corrected chi connectivity index (χ0v) is 17.3. The second-order valence-electron chi connectivity index (χ2n) is 8.76. The summed E-state index contributed by atoms with van der Waals surface area (Å²) in [4.78, 5) is 12.5. The molecule has 0 spiro atoms. The highest BCUT2D eigenvalue weighted by atomic mass is 16.5. The van der Waals surface area contributed by atoms with Gasteiger partial charge in [-0.1, -0.05) is 45.1 Å². The first kappa shape index (κ1) is 22.0. The third-order valence-electron chi connectivity index (χ3n) is 6.66. The van der Waals surface area contributed by atoms with Crippen molar-refractivity contribution in [2.45, 2.75) is 109 Å². The number of nitrogens with zero attached hydrogens (tertiary/aromatic N) is 1. The van der Waals surface area contributed by atoms with Crippen molar-refractivity contribution >= 4 is 5.97 Å². The first-order chi connectivity index (χ1) is 13.2. The lowest BCUT2D eigenvalue weighted by Crippen LogP contribution is -2.30. The number of unbranched alkanes of at least 4 members (excludes halogenated alkanes) is 3. The topological polar surface area (TPSA) is 50.1 Å². The second kappa shape index (κ2) is 13.0. The summed E-state index contributed by atoms with van der Waals surface area (Å²) in [6.45, 7) is 2.26. The fourth-order valence-electron chi connectivity index (χ4n) is 4.81. The number of hydrogen-bond acceptors (Lipinski definition) is 3. The molecule has 0 saturated heterocycles. The minimum Gasteiger partial charge on any atom is -0.462 e. The number of ether oxygens (including phenoxy) is 1. The van der Waals surface area contributed by atoms with Crippen LogP contribution in [0.25, 0.3) is 0 Å². The molecule has 0 aromatic heterocycles. The van der Waals surface area contributed by atoms with Crippen LogP contribution in [0.4, 0.5) is 0 Å². The lowest BCUT2D eigenvalue weighted by Gasteiger charge is -2.31. The Morgan fingerprint density at radius 2 is 1.63 bits per heavy atom. The molecule has 0 amide bonds. The number of rotatable bonds is 10. The van der Waals surface area contributed by atoms with Crippen LogP contribution in [0.3, 0.4) is 0 Å². The molecule has 0 aromatic carbocycles. The van der Waals surface area contributed by atoms with Crippen LogP contribution < -0.4 is 0 Å². The quantitative estimate of drug-likeness (QED) is 0.242. The van der Waals surface area contributed by atoms with E-state index in [1.165, 1.54) is 44.9 Å². The van der Waals surface area contributed by atoms with Crippen molar-refractivity contribution in [2.75, 3.05) is 0 Å². The molecule has 3 heteroatoms. The van der Waals surface area contributed by atoms with Gasteiger partial charge in [-0.25, -0.2) is 0 Å². The molecule has 0 radical (unpaired) electrons. The van der Waals surface area contributed by atoms with Gasteiger partial charge >= 0.3 is 5.97 Å². The molecular formula is C24H39NO2. The van der Waals surface area contributed by atoms with E-state index in [1.807, 2.05) is 12.1 Å². The van der Waals surface area contributed by atoms with Crippen LogP contribution in [0, 0.1) is 29.1 Å². The molecule has 2 aliphatic carbocycles. The minimum absolute atomic E-state index is 0.0734. The van der Waals surface area contributed by atoms with Gasteiger partial charge in [-0.3, -0.25) is 4.79 Å². The molecule has 0 N–H and O–H groups in total. The van der Waals surface area contributed by atoms with Gasteiger partial charge in [0.1, 0.15) is 6.10 Å². The summed E-state index contributed by atoms with van der Waals surface area (Å²) < 4.78 is 5.88. The summed E-state index contributed by atoms with van der Waals surface area (Å²) in [5.41, 5.74) is 0. The van der Waals surface area contributed by atoms with Crippen LogP contribution in [-0.4, -0.2) is 12.1 Å². The third kappa shape index (κ3) is 8.50. The first-order valence-corrected chi connectivity index (χ1v) is 11.5. The van der Waals surface area contributed by atoms with Crippen molar-refractivity contribution < 1.29 is 9.53 Å². The van der Waals surface area contributed by atoms with Gasteiger partial charge in [0.2, 0.25) is 0 Å². The van der Waals surface area contributed by atoms with E-state index in [1.54, 1.807) is 6.08 Å². The van der Waals surface area contributed by atoms with Gasteiger partial charge in [0.15, 0.2) is 0 Å². The highest BCUT2D eigenvalue weighted by molar-refractivity contribution is 5.72. The number of esters is 1. The smallest absolute Gasteiger partial charge is 0.309 e. The average molecular weight is 374 g/mol. The molecule has 2 rings (SSSR count). The van der Waals surface area contributed by atoms with Crippen LogP contribution in [-0.2, 0) is 9.53 Å². The molecular weight excluding hydrogens is 334 g/mol. The molecule has 0 heterocycles.